The highest BCUT2D eigenvalue weighted by molar-refractivity contribution is 5.76. The fourth-order valence-corrected chi connectivity index (χ4v) is 6.75. The summed E-state index contributed by atoms with van der Waals surface area (Å²) in [6.45, 7) is 6.84. The van der Waals surface area contributed by atoms with E-state index >= 15 is 0 Å². The van der Waals surface area contributed by atoms with Crippen LogP contribution in [0.3, 0.4) is 0 Å². The molecule has 3 aromatic rings. The van der Waals surface area contributed by atoms with E-state index in [1.54, 1.807) is 35.4 Å². The lowest BCUT2D eigenvalue weighted by Gasteiger charge is -2.30. The minimum absolute atomic E-state index is 0.108. The topological polar surface area (TPSA) is 120 Å². The second kappa shape index (κ2) is 18.2. The summed E-state index contributed by atoms with van der Waals surface area (Å²) in [5, 5.41) is 17.6. The molecule has 2 N–H and O–H groups in total. The Balaban J connectivity index is 0.000000305. The van der Waals surface area contributed by atoms with Crippen molar-refractivity contribution in [1.82, 2.24) is 24.6 Å². The third-order valence-corrected chi connectivity index (χ3v) is 9.15. The first-order chi connectivity index (χ1) is 22.3. The fraction of sp³-hybridized carbons (Fsp3) is 0.667. The van der Waals surface area contributed by atoms with Crippen LogP contribution in [0.5, 0.6) is 5.75 Å². The van der Waals surface area contributed by atoms with E-state index in [1.807, 2.05) is 19.1 Å². The summed E-state index contributed by atoms with van der Waals surface area (Å²) < 4.78 is 14.4. The van der Waals surface area contributed by atoms with Crippen LogP contribution in [0.15, 0.2) is 29.1 Å². The van der Waals surface area contributed by atoms with Crippen molar-refractivity contribution < 1.29 is 19.4 Å². The smallest absolute Gasteiger partial charge is 0.333 e. The van der Waals surface area contributed by atoms with Crippen LogP contribution < -0.4 is 15.6 Å². The number of carboxylic acid groups (broad SMARTS) is 1. The number of carbonyl (C=O) groups is 1. The first-order valence-corrected chi connectivity index (χ1v) is 17.6. The molecule has 2 aliphatic carbocycles. The number of benzene rings is 1. The molecule has 1 unspecified atom stereocenters. The summed E-state index contributed by atoms with van der Waals surface area (Å²) in [6, 6.07) is 8.99. The van der Waals surface area contributed by atoms with Crippen LogP contribution in [0.1, 0.15) is 108 Å². The van der Waals surface area contributed by atoms with Crippen LogP contribution in [0.2, 0.25) is 0 Å². The molecule has 10 nitrogen and oxygen atoms in total. The fourth-order valence-electron chi connectivity index (χ4n) is 6.75. The lowest BCUT2D eigenvalue weighted by molar-refractivity contribution is -0.149. The normalized spacial score (nSPS) is 16.6. The molecule has 2 saturated carbocycles. The summed E-state index contributed by atoms with van der Waals surface area (Å²) in [5.41, 5.74) is 2.81. The van der Waals surface area contributed by atoms with E-state index in [-0.39, 0.29) is 12.0 Å². The molecule has 2 fully saturated rings. The SMILES string of the molecule is C1CCC(NC2CCCCC2)CC1.CCCc1nn(C)c2c(=O)n(CCOc3ccc(CC(OCC)C(=O)O)cc3)c(CC)nc12. The predicted molar refractivity (Wildman–Crippen MR) is 182 cm³/mol. The van der Waals surface area contributed by atoms with Crippen molar-refractivity contribution in [3.63, 3.8) is 0 Å². The Bertz CT molecular complexity index is 1410. The molecule has 2 aromatic heterocycles. The number of carboxylic acids is 1. The van der Waals surface area contributed by atoms with Crippen molar-refractivity contribution in [2.45, 2.75) is 135 Å². The maximum absolute atomic E-state index is 13.2. The van der Waals surface area contributed by atoms with Gasteiger partial charge in [0.25, 0.3) is 5.56 Å². The van der Waals surface area contributed by atoms with Gasteiger partial charge in [0.05, 0.1) is 12.2 Å². The molecular formula is C36H55N5O5. The molecule has 0 saturated heterocycles. The second-order valence-electron chi connectivity index (χ2n) is 12.7. The zero-order valence-corrected chi connectivity index (χ0v) is 28.4. The highest BCUT2D eigenvalue weighted by Gasteiger charge is 2.20. The van der Waals surface area contributed by atoms with Gasteiger partial charge in [-0.05, 0) is 56.7 Å². The number of ether oxygens (including phenoxy) is 2. The van der Waals surface area contributed by atoms with Gasteiger partial charge in [-0.25, -0.2) is 9.78 Å². The van der Waals surface area contributed by atoms with Crippen molar-refractivity contribution in [2.24, 2.45) is 7.05 Å². The van der Waals surface area contributed by atoms with E-state index in [9.17, 15) is 14.7 Å². The van der Waals surface area contributed by atoms with Crippen LogP contribution in [0.25, 0.3) is 11.0 Å². The third-order valence-electron chi connectivity index (χ3n) is 9.15. The summed E-state index contributed by atoms with van der Waals surface area (Å²) in [7, 11) is 1.78. The lowest BCUT2D eigenvalue weighted by Crippen LogP contribution is -2.40. The van der Waals surface area contributed by atoms with Crippen molar-refractivity contribution >= 4 is 17.0 Å². The number of nitrogens with zero attached hydrogens (tertiary/aromatic N) is 4. The highest BCUT2D eigenvalue weighted by Crippen LogP contribution is 2.23. The Labute approximate surface area is 273 Å². The first-order valence-electron chi connectivity index (χ1n) is 17.6. The van der Waals surface area contributed by atoms with Gasteiger partial charge in [-0.2, -0.15) is 5.10 Å². The maximum atomic E-state index is 13.2. The van der Waals surface area contributed by atoms with Gasteiger partial charge in [-0.3, -0.25) is 14.0 Å². The van der Waals surface area contributed by atoms with Gasteiger partial charge in [0.2, 0.25) is 0 Å². The molecule has 0 spiro atoms. The second-order valence-corrected chi connectivity index (χ2v) is 12.7. The molecule has 46 heavy (non-hydrogen) atoms. The zero-order chi connectivity index (χ0) is 32.9. The Kier molecular flexibility index (Phi) is 14.1. The monoisotopic (exact) mass is 637 g/mol. The van der Waals surface area contributed by atoms with Crippen LogP contribution in [-0.2, 0) is 42.4 Å². The maximum Gasteiger partial charge on any atom is 0.333 e. The summed E-state index contributed by atoms with van der Waals surface area (Å²) in [6.07, 6.45) is 16.3. The molecule has 254 valence electrons. The molecule has 0 aliphatic heterocycles. The number of aromatic nitrogens is 4. The molecule has 1 aromatic carbocycles. The molecule has 1 atom stereocenters. The van der Waals surface area contributed by atoms with E-state index in [0.29, 0.717) is 48.8 Å². The van der Waals surface area contributed by atoms with Gasteiger partial charge in [0, 0.05) is 38.6 Å². The van der Waals surface area contributed by atoms with Gasteiger partial charge >= 0.3 is 5.97 Å². The van der Waals surface area contributed by atoms with E-state index in [2.05, 4.69) is 17.3 Å². The van der Waals surface area contributed by atoms with E-state index in [4.69, 9.17) is 14.5 Å². The number of hydrogen-bond donors (Lipinski definition) is 2. The quantitative estimate of drug-likeness (QED) is 0.221. The van der Waals surface area contributed by atoms with E-state index in [1.165, 1.54) is 64.2 Å². The van der Waals surface area contributed by atoms with Crippen LogP contribution >= 0.6 is 0 Å². The number of nitrogens with one attached hydrogen (secondary N) is 1. The molecule has 2 heterocycles. The average molecular weight is 638 g/mol. The van der Waals surface area contributed by atoms with E-state index in [0.717, 1.165) is 36.2 Å². The van der Waals surface area contributed by atoms with Crippen LogP contribution in [-0.4, -0.2) is 61.8 Å². The standard InChI is InChI=1S/C24H32N4O5.C12H23N/c1-5-8-18-21-22(27(4)26-18)23(29)28(20(6-2)25-21)13-14-33-17-11-9-16(10-12-17)15-19(24(30)31)32-7-3;1-3-7-11(8-4-1)13-12-9-5-2-6-10-12/h9-12,19H,5-8,13-15H2,1-4H3,(H,30,31);11-13H,1-10H2. The Morgan fingerprint density at radius 3 is 2.17 bits per heavy atom. The number of aryl methyl sites for hydroxylation is 3. The molecule has 0 amide bonds. The van der Waals surface area contributed by atoms with E-state index < -0.39 is 12.1 Å². The van der Waals surface area contributed by atoms with Crippen molar-refractivity contribution in [2.75, 3.05) is 13.2 Å². The Morgan fingerprint density at radius 2 is 1.63 bits per heavy atom. The predicted octanol–water partition coefficient (Wildman–Crippen LogP) is 6.00. The number of hydrogen-bond acceptors (Lipinski definition) is 7. The van der Waals surface area contributed by atoms with Crippen LogP contribution in [0.4, 0.5) is 0 Å². The first kappa shape index (κ1) is 35.6. The van der Waals surface area contributed by atoms with Gasteiger partial charge in [-0.15, -0.1) is 0 Å². The third kappa shape index (κ3) is 9.88. The molecule has 10 heteroatoms. The summed E-state index contributed by atoms with van der Waals surface area (Å²) in [5.74, 6) is 0.385. The van der Waals surface area contributed by atoms with Crippen molar-refractivity contribution in [3.05, 3.63) is 51.7 Å². The molecule has 5 rings (SSSR count). The number of aliphatic carboxylic acids is 1. The molecular weight excluding hydrogens is 582 g/mol. The van der Waals surface area contributed by atoms with Crippen molar-refractivity contribution in [3.8, 4) is 5.75 Å². The zero-order valence-electron chi connectivity index (χ0n) is 28.4. The van der Waals surface area contributed by atoms with Crippen LogP contribution in [0, 0.1) is 0 Å². The molecule has 2 aliphatic rings. The number of rotatable bonds is 14. The van der Waals surface area contributed by atoms with Gasteiger partial charge < -0.3 is 19.9 Å². The summed E-state index contributed by atoms with van der Waals surface area (Å²) in [4.78, 5) is 29.2. The minimum Gasteiger partial charge on any atom is -0.492 e. The van der Waals surface area contributed by atoms with Gasteiger partial charge in [-0.1, -0.05) is 70.9 Å². The Morgan fingerprint density at radius 1 is 1.00 bits per heavy atom. The lowest BCUT2D eigenvalue weighted by atomic mass is 9.91. The van der Waals surface area contributed by atoms with Crippen molar-refractivity contribution in [1.29, 1.82) is 0 Å². The number of fused-ring (bicyclic) bond motifs is 1. The minimum atomic E-state index is -0.977. The Hall–Kier alpha value is -3.24. The highest BCUT2D eigenvalue weighted by atomic mass is 16.5. The summed E-state index contributed by atoms with van der Waals surface area (Å²) >= 11 is 0. The van der Waals surface area contributed by atoms with Gasteiger partial charge in [0.1, 0.15) is 23.7 Å². The van der Waals surface area contributed by atoms with Gasteiger partial charge in [0.15, 0.2) is 11.6 Å². The average Bonchev–Trinajstić information content (AvgIpc) is 3.38. The molecule has 0 radical (unpaired) electrons. The molecule has 0 bridgehead atoms. The largest absolute Gasteiger partial charge is 0.492 e.